The van der Waals surface area contributed by atoms with Crippen molar-refractivity contribution in [1.82, 2.24) is 5.32 Å². The van der Waals surface area contributed by atoms with Crippen LogP contribution in [0.4, 0.5) is 0 Å². The van der Waals surface area contributed by atoms with Crippen LogP contribution >= 0.6 is 0 Å². The number of nitrogens with one attached hydrogen (secondary N) is 1. The van der Waals surface area contributed by atoms with Gasteiger partial charge in [0.15, 0.2) is 0 Å². The van der Waals surface area contributed by atoms with Gasteiger partial charge in [-0.05, 0) is 26.8 Å². The smallest absolute Gasteiger partial charge is 0.128 e. The zero-order valence-corrected chi connectivity index (χ0v) is 8.91. The second kappa shape index (κ2) is 3.45. The SMILES string of the molecule is Cc1cccc(C2=N[C@@H](C)[C@H](C)N2)c1. The molecule has 0 saturated heterocycles. The number of rotatable bonds is 1. The minimum absolute atomic E-state index is 0.380. The van der Waals surface area contributed by atoms with E-state index in [0.29, 0.717) is 12.1 Å². The molecule has 0 saturated carbocycles. The van der Waals surface area contributed by atoms with Crippen molar-refractivity contribution >= 4 is 5.84 Å². The summed E-state index contributed by atoms with van der Waals surface area (Å²) >= 11 is 0. The highest BCUT2D eigenvalue weighted by atomic mass is 15.1. The summed E-state index contributed by atoms with van der Waals surface area (Å²) in [5.41, 5.74) is 2.47. The third-order valence-electron chi connectivity index (χ3n) is 2.71. The molecule has 1 aliphatic rings. The number of hydrogen-bond donors (Lipinski definition) is 1. The van der Waals surface area contributed by atoms with Crippen LogP contribution in [0.5, 0.6) is 0 Å². The first-order valence-corrected chi connectivity index (χ1v) is 5.08. The highest BCUT2D eigenvalue weighted by molar-refractivity contribution is 6.00. The van der Waals surface area contributed by atoms with Gasteiger partial charge in [0, 0.05) is 11.6 Å². The van der Waals surface area contributed by atoms with Gasteiger partial charge in [-0.2, -0.15) is 0 Å². The van der Waals surface area contributed by atoms with Crippen molar-refractivity contribution in [1.29, 1.82) is 0 Å². The van der Waals surface area contributed by atoms with E-state index in [1.807, 2.05) is 0 Å². The van der Waals surface area contributed by atoms with Gasteiger partial charge in [-0.1, -0.05) is 23.8 Å². The van der Waals surface area contributed by atoms with Crippen molar-refractivity contribution in [2.45, 2.75) is 32.9 Å². The maximum absolute atomic E-state index is 4.59. The average Bonchev–Trinajstić information content (AvgIpc) is 2.47. The molecule has 0 aromatic heterocycles. The van der Waals surface area contributed by atoms with Gasteiger partial charge < -0.3 is 5.32 Å². The highest BCUT2D eigenvalue weighted by Gasteiger charge is 2.20. The lowest BCUT2D eigenvalue weighted by molar-refractivity contribution is 0.601. The average molecular weight is 188 g/mol. The molecule has 1 heterocycles. The number of nitrogens with zero attached hydrogens (tertiary/aromatic N) is 1. The largest absolute Gasteiger partial charge is 0.365 e. The third-order valence-corrected chi connectivity index (χ3v) is 2.71. The van der Waals surface area contributed by atoms with Gasteiger partial charge in [0.2, 0.25) is 0 Å². The molecule has 2 atom stereocenters. The molecule has 14 heavy (non-hydrogen) atoms. The fourth-order valence-corrected chi connectivity index (χ4v) is 1.64. The fourth-order valence-electron chi connectivity index (χ4n) is 1.64. The van der Waals surface area contributed by atoms with E-state index in [9.17, 15) is 0 Å². The summed E-state index contributed by atoms with van der Waals surface area (Å²) in [5, 5.41) is 3.40. The highest BCUT2D eigenvalue weighted by Crippen LogP contribution is 2.12. The van der Waals surface area contributed by atoms with Crippen molar-refractivity contribution in [3.05, 3.63) is 35.4 Å². The Kier molecular flexibility index (Phi) is 2.28. The van der Waals surface area contributed by atoms with E-state index in [-0.39, 0.29) is 0 Å². The first-order chi connectivity index (χ1) is 6.66. The molecular formula is C12H16N2. The molecule has 2 rings (SSSR count). The molecule has 0 spiro atoms. The standard InChI is InChI=1S/C12H16N2/c1-8-5-4-6-11(7-8)12-13-9(2)10(3)14-12/h4-7,9-10H,1-3H3,(H,13,14)/t9-,10-/m0/s1. The van der Waals surface area contributed by atoms with Crippen molar-refractivity contribution < 1.29 is 0 Å². The molecule has 0 bridgehead atoms. The van der Waals surface area contributed by atoms with Gasteiger partial charge in [-0.15, -0.1) is 0 Å². The molecule has 0 radical (unpaired) electrons. The lowest BCUT2D eigenvalue weighted by Gasteiger charge is -2.08. The second-order valence-corrected chi connectivity index (χ2v) is 4.02. The van der Waals surface area contributed by atoms with Gasteiger partial charge in [-0.25, -0.2) is 0 Å². The molecule has 2 nitrogen and oxygen atoms in total. The molecule has 0 amide bonds. The van der Waals surface area contributed by atoms with Crippen LogP contribution in [-0.2, 0) is 0 Å². The van der Waals surface area contributed by atoms with E-state index in [0.717, 1.165) is 5.84 Å². The molecule has 74 valence electrons. The third kappa shape index (κ3) is 1.65. The molecule has 2 heteroatoms. The van der Waals surface area contributed by atoms with Crippen LogP contribution < -0.4 is 5.32 Å². The quantitative estimate of drug-likeness (QED) is 0.717. The van der Waals surface area contributed by atoms with Gasteiger partial charge >= 0.3 is 0 Å². The van der Waals surface area contributed by atoms with Crippen molar-refractivity contribution in [3.63, 3.8) is 0 Å². The molecule has 1 aromatic carbocycles. The molecule has 0 aliphatic carbocycles. The maximum Gasteiger partial charge on any atom is 0.128 e. The van der Waals surface area contributed by atoms with E-state index in [1.165, 1.54) is 11.1 Å². The van der Waals surface area contributed by atoms with E-state index in [4.69, 9.17) is 0 Å². The number of amidine groups is 1. The summed E-state index contributed by atoms with van der Waals surface area (Å²) in [6.07, 6.45) is 0. The summed E-state index contributed by atoms with van der Waals surface area (Å²) in [5.74, 6) is 1.04. The Labute approximate surface area is 85.1 Å². The van der Waals surface area contributed by atoms with Crippen LogP contribution in [0.2, 0.25) is 0 Å². The molecule has 1 N–H and O–H groups in total. The van der Waals surface area contributed by atoms with Crippen LogP contribution in [0.15, 0.2) is 29.3 Å². The monoisotopic (exact) mass is 188 g/mol. The summed E-state index contributed by atoms with van der Waals surface area (Å²) in [4.78, 5) is 4.59. The van der Waals surface area contributed by atoms with Crippen molar-refractivity contribution in [2.24, 2.45) is 4.99 Å². The maximum atomic E-state index is 4.59. The van der Waals surface area contributed by atoms with Crippen molar-refractivity contribution in [3.8, 4) is 0 Å². The first-order valence-electron chi connectivity index (χ1n) is 5.08. The Morgan fingerprint density at radius 1 is 1.29 bits per heavy atom. The molecule has 0 fully saturated rings. The summed E-state index contributed by atoms with van der Waals surface area (Å²) in [6, 6.07) is 9.27. The van der Waals surface area contributed by atoms with E-state index in [2.05, 4.69) is 55.3 Å². The van der Waals surface area contributed by atoms with Gasteiger partial charge in [0.25, 0.3) is 0 Å². The zero-order chi connectivity index (χ0) is 10.1. The summed E-state index contributed by atoms with van der Waals surface area (Å²) in [7, 11) is 0. The second-order valence-electron chi connectivity index (χ2n) is 4.02. The van der Waals surface area contributed by atoms with E-state index < -0.39 is 0 Å². The number of aliphatic imine (C=N–C) groups is 1. The minimum Gasteiger partial charge on any atom is -0.365 e. The van der Waals surface area contributed by atoms with Crippen LogP contribution in [0.3, 0.4) is 0 Å². The lowest BCUT2D eigenvalue weighted by atomic mass is 10.1. The number of aryl methyl sites for hydroxylation is 1. The van der Waals surface area contributed by atoms with Gasteiger partial charge in [-0.3, -0.25) is 4.99 Å². The van der Waals surface area contributed by atoms with E-state index in [1.54, 1.807) is 0 Å². The lowest BCUT2D eigenvalue weighted by Crippen LogP contribution is -2.30. The van der Waals surface area contributed by atoms with E-state index >= 15 is 0 Å². The molecule has 0 unspecified atom stereocenters. The Morgan fingerprint density at radius 2 is 2.07 bits per heavy atom. The van der Waals surface area contributed by atoms with Crippen LogP contribution in [-0.4, -0.2) is 17.9 Å². The zero-order valence-electron chi connectivity index (χ0n) is 8.91. The van der Waals surface area contributed by atoms with Gasteiger partial charge in [0.1, 0.15) is 5.84 Å². The molecule has 1 aliphatic heterocycles. The Balaban J connectivity index is 2.29. The normalized spacial score (nSPS) is 25.8. The Morgan fingerprint density at radius 3 is 2.64 bits per heavy atom. The predicted molar refractivity (Wildman–Crippen MR) is 59.8 cm³/mol. The van der Waals surface area contributed by atoms with Crippen molar-refractivity contribution in [2.75, 3.05) is 0 Å². The van der Waals surface area contributed by atoms with Crippen LogP contribution in [0, 0.1) is 6.92 Å². The molecular weight excluding hydrogens is 172 g/mol. The fraction of sp³-hybridized carbons (Fsp3) is 0.417. The predicted octanol–water partition coefficient (Wildman–Crippen LogP) is 2.12. The van der Waals surface area contributed by atoms with Gasteiger partial charge in [0.05, 0.1) is 6.04 Å². The summed E-state index contributed by atoms with van der Waals surface area (Å²) in [6.45, 7) is 6.41. The summed E-state index contributed by atoms with van der Waals surface area (Å²) < 4.78 is 0. The Hall–Kier alpha value is -1.31. The van der Waals surface area contributed by atoms with Crippen LogP contribution in [0.1, 0.15) is 25.0 Å². The Bertz CT molecular complexity index is 368. The topological polar surface area (TPSA) is 24.4 Å². The minimum atomic E-state index is 0.380. The molecule has 1 aromatic rings. The first kappa shape index (κ1) is 9.25. The number of hydrogen-bond acceptors (Lipinski definition) is 2. The number of benzene rings is 1. The van der Waals surface area contributed by atoms with Crippen LogP contribution in [0.25, 0.3) is 0 Å².